The summed E-state index contributed by atoms with van der Waals surface area (Å²) in [5.41, 5.74) is 0.792. The monoisotopic (exact) mass is 290 g/mol. The second kappa shape index (κ2) is 7.46. The van der Waals surface area contributed by atoms with Gasteiger partial charge < -0.3 is 15.4 Å². The van der Waals surface area contributed by atoms with Gasteiger partial charge in [-0.3, -0.25) is 4.79 Å². The number of anilines is 1. The number of ether oxygens (including phenoxy) is 1. The molecule has 2 rings (SSSR count). The van der Waals surface area contributed by atoms with Gasteiger partial charge in [0.05, 0.1) is 12.6 Å². The Hall–Kier alpha value is -1.55. The lowest BCUT2D eigenvalue weighted by Crippen LogP contribution is -2.48. The highest BCUT2D eigenvalue weighted by Gasteiger charge is 2.27. The van der Waals surface area contributed by atoms with E-state index in [9.17, 15) is 4.79 Å². The summed E-state index contributed by atoms with van der Waals surface area (Å²) < 4.78 is 5.69. The molecule has 0 radical (unpaired) electrons. The standard InChI is InChI=1S/C17H26N2O2/c1-12(2)11-21-15-8-4-7-14(10-15)19-17(20)16-13(3)6-5-9-18-16/h4,7-8,10,12-13,16,18H,5-6,9,11H2,1-3H3,(H,19,20). The number of amides is 1. The lowest BCUT2D eigenvalue weighted by Gasteiger charge is -2.28. The topological polar surface area (TPSA) is 50.4 Å². The minimum atomic E-state index is -0.0982. The van der Waals surface area contributed by atoms with Crippen LogP contribution >= 0.6 is 0 Å². The van der Waals surface area contributed by atoms with Crippen LogP contribution in [0.5, 0.6) is 5.75 Å². The molecule has 0 spiro atoms. The fourth-order valence-corrected chi connectivity index (χ4v) is 2.55. The first-order valence-corrected chi connectivity index (χ1v) is 7.83. The first-order valence-electron chi connectivity index (χ1n) is 7.83. The van der Waals surface area contributed by atoms with Crippen molar-refractivity contribution in [3.05, 3.63) is 24.3 Å². The third kappa shape index (κ3) is 4.74. The molecule has 1 aromatic carbocycles. The Morgan fingerprint density at radius 2 is 2.29 bits per heavy atom. The Balaban J connectivity index is 1.95. The summed E-state index contributed by atoms with van der Waals surface area (Å²) in [7, 11) is 0. The van der Waals surface area contributed by atoms with Crippen molar-refractivity contribution in [3.63, 3.8) is 0 Å². The zero-order chi connectivity index (χ0) is 15.2. The van der Waals surface area contributed by atoms with Crippen LogP contribution in [0.4, 0.5) is 5.69 Å². The third-order valence-corrected chi connectivity index (χ3v) is 3.74. The van der Waals surface area contributed by atoms with Crippen LogP contribution in [0.15, 0.2) is 24.3 Å². The Morgan fingerprint density at radius 3 is 3.00 bits per heavy atom. The number of hydrogen-bond acceptors (Lipinski definition) is 3. The molecule has 1 saturated heterocycles. The highest BCUT2D eigenvalue weighted by molar-refractivity contribution is 5.95. The predicted molar refractivity (Wildman–Crippen MR) is 85.6 cm³/mol. The van der Waals surface area contributed by atoms with Crippen molar-refractivity contribution in [2.24, 2.45) is 11.8 Å². The minimum absolute atomic E-state index is 0.0446. The average Bonchev–Trinajstić information content (AvgIpc) is 2.46. The SMILES string of the molecule is CC(C)COc1cccc(NC(=O)C2NCCCC2C)c1. The van der Waals surface area contributed by atoms with E-state index in [1.807, 2.05) is 24.3 Å². The van der Waals surface area contributed by atoms with Gasteiger partial charge in [-0.05, 0) is 43.4 Å². The second-order valence-corrected chi connectivity index (χ2v) is 6.27. The first kappa shape index (κ1) is 15.8. The van der Waals surface area contributed by atoms with Gasteiger partial charge in [0.15, 0.2) is 0 Å². The van der Waals surface area contributed by atoms with E-state index < -0.39 is 0 Å². The predicted octanol–water partition coefficient (Wildman–Crippen LogP) is 3.05. The van der Waals surface area contributed by atoms with Gasteiger partial charge in [-0.25, -0.2) is 0 Å². The molecule has 1 fully saturated rings. The van der Waals surface area contributed by atoms with Gasteiger partial charge in [0.2, 0.25) is 5.91 Å². The molecule has 4 heteroatoms. The van der Waals surface area contributed by atoms with Crippen LogP contribution in [0.25, 0.3) is 0 Å². The highest BCUT2D eigenvalue weighted by atomic mass is 16.5. The fourth-order valence-electron chi connectivity index (χ4n) is 2.55. The third-order valence-electron chi connectivity index (χ3n) is 3.74. The van der Waals surface area contributed by atoms with Crippen molar-refractivity contribution in [2.45, 2.75) is 39.7 Å². The summed E-state index contributed by atoms with van der Waals surface area (Å²) in [6.45, 7) is 7.95. The summed E-state index contributed by atoms with van der Waals surface area (Å²) in [5.74, 6) is 1.70. The molecule has 0 aromatic heterocycles. The molecule has 0 aliphatic carbocycles. The quantitative estimate of drug-likeness (QED) is 0.876. The summed E-state index contributed by atoms with van der Waals surface area (Å²) in [6, 6.07) is 7.50. The summed E-state index contributed by atoms with van der Waals surface area (Å²) in [4.78, 5) is 12.3. The van der Waals surface area contributed by atoms with Gasteiger partial charge >= 0.3 is 0 Å². The van der Waals surface area contributed by atoms with Crippen molar-refractivity contribution >= 4 is 11.6 Å². The molecule has 1 heterocycles. The van der Waals surface area contributed by atoms with Gasteiger partial charge in [-0.2, -0.15) is 0 Å². The molecule has 1 aliphatic rings. The molecule has 4 nitrogen and oxygen atoms in total. The Bertz CT molecular complexity index is 474. The maximum atomic E-state index is 12.3. The van der Waals surface area contributed by atoms with Crippen LogP contribution in [0.1, 0.15) is 33.6 Å². The molecule has 1 aliphatic heterocycles. The first-order chi connectivity index (χ1) is 10.1. The van der Waals surface area contributed by atoms with Gasteiger partial charge in [-0.1, -0.05) is 26.8 Å². The summed E-state index contributed by atoms with van der Waals surface area (Å²) >= 11 is 0. The van der Waals surface area contributed by atoms with Gasteiger partial charge in [0.1, 0.15) is 5.75 Å². The van der Waals surface area contributed by atoms with Crippen molar-refractivity contribution in [1.82, 2.24) is 5.32 Å². The van der Waals surface area contributed by atoms with Crippen LogP contribution < -0.4 is 15.4 Å². The summed E-state index contributed by atoms with van der Waals surface area (Å²) in [6.07, 6.45) is 2.24. The number of nitrogens with one attached hydrogen (secondary N) is 2. The Morgan fingerprint density at radius 1 is 1.48 bits per heavy atom. The van der Waals surface area contributed by atoms with E-state index in [-0.39, 0.29) is 11.9 Å². The molecule has 0 saturated carbocycles. The van der Waals surface area contributed by atoms with Crippen LogP contribution in [0, 0.1) is 11.8 Å². The molecule has 2 N–H and O–H groups in total. The Labute approximate surface area is 127 Å². The van der Waals surface area contributed by atoms with Crippen LogP contribution in [-0.2, 0) is 4.79 Å². The normalized spacial score (nSPS) is 22.1. The lowest BCUT2D eigenvalue weighted by molar-refractivity contribution is -0.119. The van der Waals surface area contributed by atoms with E-state index in [0.29, 0.717) is 18.4 Å². The lowest BCUT2D eigenvalue weighted by atomic mass is 9.92. The highest BCUT2D eigenvalue weighted by Crippen LogP contribution is 2.20. The number of hydrogen-bond donors (Lipinski definition) is 2. The smallest absolute Gasteiger partial charge is 0.241 e. The number of benzene rings is 1. The molecule has 21 heavy (non-hydrogen) atoms. The van der Waals surface area contributed by atoms with Gasteiger partial charge in [-0.15, -0.1) is 0 Å². The van der Waals surface area contributed by atoms with E-state index in [2.05, 4.69) is 31.4 Å². The summed E-state index contributed by atoms with van der Waals surface area (Å²) in [5, 5.41) is 6.29. The molecular weight excluding hydrogens is 264 g/mol. The Kier molecular flexibility index (Phi) is 5.62. The van der Waals surface area contributed by atoms with E-state index in [4.69, 9.17) is 4.74 Å². The van der Waals surface area contributed by atoms with Crippen molar-refractivity contribution in [2.75, 3.05) is 18.5 Å². The van der Waals surface area contributed by atoms with Crippen molar-refractivity contribution in [3.8, 4) is 5.75 Å². The van der Waals surface area contributed by atoms with E-state index in [0.717, 1.165) is 30.8 Å². The van der Waals surface area contributed by atoms with Crippen LogP contribution in [0.2, 0.25) is 0 Å². The fraction of sp³-hybridized carbons (Fsp3) is 0.588. The van der Waals surface area contributed by atoms with Crippen LogP contribution in [-0.4, -0.2) is 25.1 Å². The molecular formula is C17H26N2O2. The van der Waals surface area contributed by atoms with Crippen molar-refractivity contribution in [1.29, 1.82) is 0 Å². The number of rotatable bonds is 5. The van der Waals surface area contributed by atoms with Crippen LogP contribution in [0.3, 0.4) is 0 Å². The van der Waals surface area contributed by atoms with Crippen molar-refractivity contribution < 1.29 is 9.53 Å². The maximum absolute atomic E-state index is 12.3. The van der Waals surface area contributed by atoms with E-state index in [1.165, 1.54) is 0 Å². The molecule has 1 amide bonds. The zero-order valence-electron chi connectivity index (χ0n) is 13.2. The minimum Gasteiger partial charge on any atom is -0.493 e. The van der Waals surface area contributed by atoms with E-state index >= 15 is 0 Å². The molecule has 2 atom stereocenters. The average molecular weight is 290 g/mol. The molecule has 116 valence electrons. The molecule has 0 bridgehead atoms. The maximum Gasteiger partial charge on any atom is 0.241 e. The largest absolute Gasteiger partial charge is 0.493 e. The van der Waals surface area contributed by atoms with E-state index in [1.54, 1.807) is 0 Å². The number of carbonyl (C=O) groups excluding carboxylic acids is 1. The number of carbonyl (C=O) groups is 1. The second-order valence-electron chi connectivity index (χ2n) is 6.27. The number of piperidine rings is 1. The molecule has 1 aromatic rings. The van der Waals surface area contributed by atoms with Gasteiger partial charge in [0.25, 0.3) is 0 Å². The molecule has 2 unspecified atom stereocenters. The zero-order valence-corrected chi connectivity index (χ0v) is 13.2. The van der Waals surface area contributed by atoms with Gasteiger partial charge in [0, 0.05) is 11.8 Å².